The van der Waals surface area contributed by atoms with E-state index in [-0.39, 0.29) is 34.5 Å². The van der Waals surface area contributed by atoms with Gasteiger partial charge in [-0.05, 0) is 44.6 Å². The van der Waals surface area contributed by atoms with Gasteiger partial charge in [-0.3, -0.25) is 4.79 Å². The largest absolute Gasteiger partial charge is 0.381 e. The molecule has 2 aliphatic rings. The van der Waals surface area contributed by atoms with Crippen LogP contribution in [0.4, 0.5) is 0 Å². The van der Waals surface area contributed by atoms with Crippen molar-refractivity contribution in [1.82, 2.24) is 29.7 Å². The molecule has 1 N–H and O–H groups in total. The Morgan fingerprint density at radius 3 is 2.60 bits per heavy atom. The molecule has 3 atom stereocenters. The first-order chi connectivity index (χ1) is 14.7. The Morgan fingerprint density at radius 1 is 1.20 bits per heavy atom. The molecule has 0 aromatic carbocycles. The van der Waals surface area contributed by atoms with E-state index in [0.717, 1.165) is 44.7 Å². The molecule has 154 valence electrons. The minimum Gasteiger partial charge on any atom is -0.381 e. The SMILES string of the molecule is CC(C1CCOCC1)n1nc(C#N)c2c(=O)[nH]c([C@H]3CC[C@@H]3c3ncccn3)nc21. The molecule has 9 nitrogen and oxygen atoms in total. The van der Waals surface area contributed by atoms with Crippen molar-refractivity contribution in [2.24, 2.45) is 5.92 Å². The van der Waals surface area contributed by atoms with Gasteiger partial charge in [0, 0.05) is 37.4 Å². The van der Waals surface area contributed by atoms with E-state index < -0.39 is 0 Å². The highest BCUT2D eigenvalue weighted by Gasteiger charge is 2.38. The van der Waals surface area contributed by atoms with Gasteiger partial charge >= 0.3 is 0 Å². The molecule has 9 heteroatoms. The van der Waals surface area contributed by atoms with Gasteiger partial charge in [0.1, 0.15) is 23.1 Å². The third-order valence-electron chi connectivity index (χ3n) is 6.56. The van der Waals surface area contributed by atoms with Gasteiger partial charge in [-0.2, -0.15) is 10.4 Å². The summed E-state index contributed by atoms with van der Waals surface area (Å²) in [6.07, 6.45) is 7.19. The topological polar surface area (TPSA) is 122 Å². The van der Waals surface area contributed by atoms with Gasteiger partial charge in [0.05, 0.1) is 6.04 Å². The Hall–Kier alpha value is -3.12. The quantitative estimate of drug-likeness (QED) is 0.707. The number of nitriles is 1. The maximum absolute atomic E-state index is 12.9. The fourth-order valence-corrected chi connectivity index (χ4v) is 4.64. The average molecular weight is 405 g/mol. The first-order valence-corrected chi connectivity index (χ1v) is 10.4. The third-order valence-corrected chi connectivity index (χ3v) is 6.56. The lowest BCUT2D eigenvalue weighted by molar-refractivity contribution is 0.0501. The predicted octanol–water partition coefficient (Wildman–Crippen LogP) is 2.43. The van der Waals surface area contributed by atoms with Crippen LogP contribution in [-0.4, -0.2) is 42.9 Å². The monoisotopic (exact) mass is 405 g/mol. The highest BCUT2D eigenvalue weighted by atomic mass is 16.5. The summed E-state index contributed by atoms with van der Waals surface area (Å²) in [4.78, 5) is 29.4. The van der Waals surface area contributed by atoms with Gasteiger partial charge in [-0.1, -0.05) is 0 Å². The lowest BCUT2D eigenvalue weighted by Crippen LogP contribution is -2.28. The number of nitrogens with zero attached hydrogens (tertiary/aromatic N) is 6. The molecular weight excluding hydrogens is 382 g/mol. The predicted molar refractivity (Wildman–Crippen MR) is 108 cm³/mol. The van der Waals surface area contributed by atoms with Crippen molar-refractivity contribution in [1.29, 1.82) is 5.26 Å². The van der Waals surface area contributed by atoms with Gasteiger partial charge in [0.25, 0.3) is 5.56 Å². The van der Waals surface area contributed by atoms with Crippen LogP contribution in [-0.2, 0) is 4.74 Å². The highest BCUT2D eigenvalue weighted by molar-refractivity contribution is 5.80. The summed E-state index contributed by atoms with van der Waals surface area (Å²) in [5, 5.41) is 14.3. The van der Waals surface area contributed by atoms with Crippen LogP contribution < -0.4 is 5.56 Å². The number of aromatic nitrogens is 6. The normalized spacial score (nSPS) is 23.1. The van der Waals surface area contributed by atoms with Crippen molar-refractivity contribution in [3.63, 3.8) is 0 Å². The molecule has 1 aliphatic heterocycles. The van der Waals surface area contributed by atoms with Gasteiger partial charge in [-0.15, -0.1) is 0 Å². The standard InChI is InChI=1S/C21H23N7O2/c1-12(13-5-9-30-10-6-13)28-20-17(16(11-22)27-28)21(29)26-19(25-20)15-4-3-14(15)18-23-7-2-8-24-18/h2,7-8,12-15H,3-6,9-10H2,1H3,(H,25,26,29)/t12?,14-,15-/m0/s1. The zero-order valence-electron chi connectivity index (χ0n) is 16.8. The van der Waals surface area contributed by atoms with Crippen molar-refractivity contribution in [2.75, 3.05) is 13.2 Å². The molecule has 1 unspecified atom stereocenters. The van der Waals surface area contributed by atoms with Crippen LogP contribution >= 0.6 is 0 Å². The number of aromatic amines is 1. The number of H-pyrrole nitrogens is 1. The van der Waals surface area contributed by atoms with Gasteiger partial charge in [0.15, 0.2) is 11.3 Å². The first-order valence-electron chi connectivity index (χ1n) is 10.4. The summed E-state index contributed by atoms with van der Waals surface area (Å²) >= 11 is 0. The fraction of sp³-hybridized carbons (Fsp3) is 0.524. The molecule has 1 saturated carbocycles. The van der Waals surface area contributed by atoms with E-state index in [4.69, 9.17) is 9.72 Å². The van der Waals surface area contributed by atoms with Gasteiger partial charge < -0.3 is 9.72 Å². The van der Waals surface area contributed by atoms with E-state index in [2.05, 4.69) is 33.0 Å². The van der Waals surface area contributed by atoms with Crippen molar-refractivity contribution < 1.29 is 4.74 Å². The lowest BCUT2D eigenvalue weighted by Gasteiger charge is -2.34. The van der Waals surface area contributed by atoms with E-state index in [1.165, 1.54) is 0 Å². The molecule has 1 saturated heterocycles. The van der Waals surface area contributed by atoms with E-state index >= 15 is 0 Å². The second kappa shape index (κ2) is 7.61. The summed E-state index contributed by atoms with van der Waals surface area (Å²) < 4.78 is 7.25. The zero-order chi connectivity index (χ0) is 20.7. The molecule has 0 amide bonds. The number of hydrogen-bond donors (Lipinski definition) is 1. The second-order valence-electron chi connectivity index (χ2n) is 8.14. The van der Waals surface area contributed by atoms with E-state index in [0.29, 0.717) is 17.4 Å². The number of hydrogen-bond acceptors (Lipinski definition) is 7. The molecule has 30 heavy (non-hydrogen) atoms. The Kier molecular flexibility index (Phi) is 4.79. The summed E-state index contributed by atoms with van der Waals surface area (Å²) in [7, 11) is 0. The number of rotatable bonds is 4. The van der Waals surface area contributed by atoms with Crippen molar-refractivity contribution in [3.8, 4) is 6.07 Å². The molecular formula is C21H23N7O2. The molecule has 0 radical (unpaired) electrons. The van der Waals surface area contributed by atoms with E-state index in [9.17, 15) is 10.1 Å². The van der Waals surface area contributed by atoms with Gasteiger partial charge in [-0.25, -0.2) is 19.6 Å². The highest BCUT2D eigenvalue weighted by Crippen LogP contribution is 2.46. The van der Waals surface area contributed by atoms with Crippen molar-refractivity contribution >= 4 is 11.0 Å². The van der Waals surface area contributed by atoms with Crippen LogP contribution in [0.5, 0.6) is 0 Å². The van der Waals surface area contributed by atoms with Crippen LogP contribution in [0.3, 0.4) is 0 Å². The lowest BCUT2D eigenvalue weighted by atomic mass is 9.72. The van der Waals surface area contributed by atoms with Crippen LogP contribution in [0.1, 0.15) is 67.8 Å². The summed E-state index contributed by atoms with van der Waals surface area (Å²) in [6, 6.07) is 3.88. The van der Waals surface area contributed by atoms with E-state index in [1.54, 1.807) is 23.1 Å². The molecule has 0 bridgehead atoms. The third kappa shape index (κ3) is 3.08. The molecule has 4 heterocycles. The smallest absolute Gasteiger partial charge is 0.263 e. The molecule has 3 aromatic rings. The zero-order valence-corrected chi connectivity index (χ0v) is 16.8. The first kappa shape index (κ1) is 18.9. The molecule has 3 aromatic heterocycles. The van der Waals surface area contributed by atoms with Crippen LogP contribution in [0.25, 0.3) is 11.0 Å². The maximum Gasteiger partial charge on any atom is 0.263 e. The Labute approximate surface area is 173 Å². The Morgan fingerprint density at radius 2 is 1.93 bits per heavy atom. The maximum atomic E-state index is 12.9. The average Bonchev–Trinajstić information content (AvgIpc) is 3.13. The molecule has 1 aliphatic carbocycles. The number of ether oxygens (including phenoxy) is 1. The van der Waals surface area contributed by atoms with Crippen molar-refractivity contribution in [2.45, 2.75) is 50.5 Å². The molecule has 0 spiro atoms. The molecule has 2 fully saturated rings. The number of fused-ring (bicyclic) bond motifs is 1. The minimum atomic E-state index is -0.309. The summed E-state index contributed by atoms with van der Waals surface area (Å²) in [5.41, 5.74) is 0.307. The van der Waals surface area contributed by atoms with Crippen molar-refractivity contribution in [3.05, 3.63) is 46.2 Å². The second-order valence-corrected chi connectivity index (χ2v) is 8.14. The van der Waals surface area contributed by atoms with Crippen LogP contribution in [0.2, 0.25) is 0 Å². The Balaban J connectivity index is 1.57. The summed E-state index contributed by atoms with van der Waals surface area (Å²) in [5.74, 6) is 1.95. The molecule has 5 rings (SSSR count). The van der Waals surface area contributed by atoms with E-state index in [1.807, 2.05) is 0 Å². The van der Waals surface area contributed by atoms with Gasteiger partial charge in [0.2, 0.25) is 0 Å². The van der Waals surface area contributed by atoms with Crippen LogP contribution in [0.15, 0.2) is 23.3 Å². The summed E-state index contributed by atoms with van der Waals surface area (Å²) in [6.45, 7) is 3.52. The Bertz CT molecular complexity index is 1160. The number of nitrogens with one attached hydrogen (secondary N) is 1. The van der Waals surface area contributed by atoms with Crippen LogP contribution in [0, 0.1) is 17.2 Å². The fourth-order valence-electron chi connectivity index (χ4n) is 4.64. The minimum absolute atomic E-state index is 0.0234.